The van der Waals surface area contributed by atoms with Gasteiger partial charge in [0.2, 0.25) is 0 Å². The van der Waals surface area contributed by atoms with Crippen LogP contribution in [0.2, 0.25) is 5.02 Å². The predicted octanol–water partition coefficient (Wildman–Crippen LogP) is 5.37. The molecule has 6 heteroatoms. The van der Waals surface area contributed by atoms with Gasteiger partial charge in [0.05, 0.1) is 9.83 Å². The molecule has 0 amide bonds. The summed E-state index contributed by atoms with van der Waals surface area (Å²) in [7, 11) is 1.81. The Morgan fingerprint density at radius 3 is 2.56 bits per heavy atom. The first-order valence-electron chi connectivity index (χ1n) is 5.10. The first-order valence-corrected chi connectivity index (χ1v) is 7.88. The topological polar surface area (TPSA) is 12.0 Å². The van der Waals surface area contributed by atoms with E-state index in [0.29, 0.717) is 10.6 Å². The second-order valence-corrected chi connectivity index (χ2v) is 7.35. The average molecular weight is 414 g/mol. The summed E-state index contributed by atoms with van der Waals surface area (Å²) >= 11 is 14.2. The summed E-state index contributed by atoms with van der Waals surface area (Å²) in [6.07, 6.45) is 0. The van der Waals surface area contributed by atoms with Gasteiger partial charge >= 0.3 is 0 Å². The largest absolute Gasteiger partial charge is 0.309 e. The Bertz CT molecular complexity index is 554. The zero-order chi connectivity index (χ0) is 13.3. The lowest BCUT2D eigenvalue weighted by Crippen LogP contribution is -2.17. The maximum absolute atomic E-state index is 13.9. The van der Waals surface area contributed by atoms with E-state index in [4.69, 9.17) is 11.6 Å². The van der Waals surface area contributed by atoms with Crippen LogP contribution in [0.4, 0.5) is 4.39 Å². The highest BCUT2D eigenvalue weighted by Gasteiger charge is 2.19. The maximum Gasteiger partial charge on any atom is 0.129 e. The lowest BCUT2D eigenvalue weighted by molar-refractivity contribution is 0.579. The van der Waals surface area contributed by atoms with Crippen LogP contribution < -0.4 is 5.32 Å². The lowest BCUT2D eigenvalue weighted by atomic mass is 10.1. The molecule has 1 unspecified atom stereocenters. The molecule has 1 atom stereocenters. The Balaban J connectivity index is 2.45. The third-order valence-corrected chi connectivity index (χ3v) is 6.07. The van der Waals surface area contributed by atoms with Gasteiger partial charge in [-0.05, 0) is 57.1 Å². The molecule has 1 heterocycles. The molecule has 0 aliphatic carbocycles. The molecule has 0 spiro atoms. The van der Waals surface area contributed by atoms with Crippen LogP contribution in [0.25, 0.3) is 0 Å². The van der Waals surface area contributed by atoms with Crippen molar-refractivity contribution in [3.63, 3.8) is 0 Å². The van der Waals surface area contributed by atoms with E-state index in [1.54, 1.807) is 30.5 Å². The summed E-state index contributed by atoms with van der Waals surface area (Å²) in [5.41, 5.74) is 0.586. The number of hydrogen-bond acceptors (Lipinski definition) is 2. The SMILES string of the molecule is CNC(c1cc(Br)c(Br)s1)c1ccc(Cl)cc1F. The fourth-order valence-corrected chi connectivity index (χ4v) is 4.07. The van der Waals surface area contributed by atoms with E-state index in [1.807, 2.05) is 6.07 Å². The summed E-state index contributed by atoms with van der Waals surface area (Å²) < 4.78 is 15.9. The molecule has 2 rings (SSSR count). The number of hydrogen-bond donors (Lipinski definition) is 1. The fourth-order valence-electron chi connectivity index (χ4n) is 1.69. The molecule has 96 valence electrons. The van der Waals surface area contributed by atoms with Gasteiger partial charge in [-0.15, -0.1) is 11.3 Å². The lowest BCUT2D eigenvalue weighted by Gasteiger charge is -2.15. The molecule has 0 saturated carbocycles. The molecular formula is C12H9Br2ClFNS. The standard InChI is InChI=1S/C12H9Br2ClFNS/c1-17-11(10-5-8(13)12(14)18-10)7-3-2-6(15)4-9(7)16/h2-5,11,17H,1H3. The van der Waals surface area contributed by atoms with Crippen molar-refractivity contribution >= 4 is 54.8 Å². The summed E-state index contributed by atoms with van der Waals surface area (Å²) in [6, 6.07) is 6.53. The highest BCUT2D eigenvalue weighted by molar-refractivity contribution is 9.13. The smallest absolute Gasteiger partial charge is 0.129 e. The summed E-state index contributed by atoms with van der Waals surface area (Å²) in [5, 5.41) is 3.52. The second-order valence-electron chi connectivity index (χ2n) is 3.66. The van der Waals surface area contributed by atoms with Crippen LogP contribution in [0, 0.1) is 5.82 Å². The number of benzene rings is 1. The molecule has 1 aromatic carbocycles. The molecule has 1 nitrogen and oxygen atoms in total. The third-order valence-electron chi connectivity index (χ3n) is 2.51. The van der Waals surface area contributed by atoms with Gasteiger partial charge in [0.15, 0.2) is 0 Å². The average Bonchev–Trinajstić information content (AvgIpc) is 2.63. The number of nitrogens with one attached hydrogen (secondary N) is 1. The van der Waals surface area contributed by atoms with Gasteiger partial charge in [-0.25, -0.2) is 4.39 Å². The van der Waals surface area contributed by atoms with Gasteiger partial charge in [0.1, 0.15) is 5.82 Å². The maximum atomic E-state index is 13.9. The molecular weight excluding hydrogens is 404 g/mol. The van der Waals surface area contributed by atoms with E-state index < -0.39 is 0 Å². The van der Waals surface area contributed by atoms with Gasteiger partial charge in [0, 0.05) is 19.9 Å². The summed E-state index contributed by atoms with van der Waals surface area (Å²) in [4.78, 5) is 1.03. The number of rotatable bonds is 3. The first kappa shape index (κ1) is 14.5. The zero-order valence-corrected chi connectivity index (χ0v) is 14.1. The van der Waals surface area contributed by atoms with Crippen LogP contribution in [0.3, 0.4) is 0 Å². The molecule has 1 N–H and O–H groups in total. The Morgan fingerprint density at radius 1 is 1.33 bits per heavy atom. The van der Waals surface area contributed by atoms with Crippen molar-refractivity contribution in [1.82, 2.24) is 5.32 Å². The van der Waals surface area contributed by atoms with E-state index in [-0.39, 0.29) is 11.9 Å². The molecule has 0 radical (unpaired) electrons. The van der Waals surface area contributed by atoms with E-state index in [1.165, 1.54) is 6.07 Å². The van der Waals surface area contributed by atoms with Gasteiger partial charge in [-0.3, -0.25) is 0 Å². The molecule has 0 aliphatic rings. The first-order chi connectivity index (χ1) is 8.52. The molecule has 0 fully saturated rings. The molecule has 0 saturated heterocycles. The van der Waals surface area contributed by atoms with E-state index in [2.05, 4.69) is 37.2 Å². The van der Waals surface area contributed by atoms with Crippen molar-refractivity contribution in [3.05, 3.63) is 53.8 Å². The highest BCUT2D eigenvalue weighted by Crippen LogP contribution is 2.38. The normalized spacial score (nSPS) is 12.7. The summed E-state index contributed by atoms with van der Waals surface area (Å²) in [5.74, 6) is -0.303. The summed E-state index contributed by atoms with van der Waals surface area (Å²) in [6.45, 7) is 0. The monoisotopic (exact) mass is 411 g/mol. The van der Waals surface area contributed by atoms with E-state index in [0.717, 1.165) is 13.1 Å². The molecule has 18 heavy (non-hydrogen) atoms. The number of thiophene rings is 1. The quantitative estimate of drug-likeness (QED) is 0.713. The van der Waals surface area contributed by atoms with Gasteiger partial charge < -0.3 is 5.32 Å². The van der Waals surface area contributed by atoms with E-state index >= 15 is 0 Å². The second kappa shape index (κ2) is 6.01. The highest BCUT2D eigenvalue weighted by atomic mass is 79.9. The van der Waals surface area contributed by atoms with Crippen LogP contribution in [-0.4, -0.2) is 7.05 Å². The number of halogens is 4. The van der Waals surface area contributed by atoms with Crippen molar-refractivity contribution in [1.29, 1.82) is 0 Å². The van der Waals surface area contributed by atoms with Crippen LogP contribution in [0.15, 0.2) is 32.5 Å². The Morgan fingerprint density at radius 2 is 2.06 bits per heavy atom. The van der Waals surface area contributed by atoms with Crippen LogP contribution in [0.1, 0.15) is 16.5 Å². The van der Waals surface area contributed by atoms with Crippen LogP contribution >= 0.6 is 54.8 Å². The molecule has 0 aliphatic heterocycles. The van der Waals surface area contributed by atoms with Crippen molar-refractivity contribution < 1.29 is 4.39 Å². The Hall–Kier alpha value is 0.0600. The Labute approximate surface area is 131 Å². The molecule has 1 aromatic heterocycles. The third kappa shape index (κ3) is 2.96. The van der Waals surface area contributed by atoms with Crippen molar-refractivity contribution in [3.8, 4) is 0 Å². The van der Waals surface area contributed by atoms with Gasteiger partial charge in [-0.2, -0.15) is 0 Å². The van der Waals surface area contributed by atoms with Crippen molar-refractivity contribution in [2.75, 3.05) is 7.05 Å². The Kier molecular flexibility index (Phi) is 4.83. The van der Waals surface area contributed by atoms with Crippen LogP contribution in [0.5, 0.6) is 0 Å². The minimum Gasteiger partial charge on any atom is -0.309 e. The fraction of sp³-hybridized carbons (Fsp3) is 0.167. The molecule has 2 aromatic rings. The van der Waals surface area contributed by atoms with Gasteiger partial charge in [-0.1, -0.05) is 17.7 Å². The zero-order valence-electron chi connectivity index (χ0n) is 9.31. The van der Waals surface area contributed by atoms with E-state index in [9.17, 15) is 4.39 Å². The molecule has 0 bridgehead atoms. The minimum atomic E-state index is -0.303. The minimum absolute atomic E-state index is 0.185. The predicted molar refractivity (Wildman–Crippen MR) is 82.0 cm³/mol. The van der Waals surface area contributed by atoms with Crippen molar-refractivity contribution in [2.45, 2.75) is 6.04 Å². The van der Waals surface area contributed by atoms with Crippen molar-refractivity contribution in [2.24, 2.45) is 0 Å². The van der Waals surface area contributed by atoms with Crippen LogP contribution in [-0.2, 0) is 0 Å². The van der Waals surface area contributed by atoms with Gasteiger partial charge in [0.25, 0.3) is 0 Å².